The molecule has 1 saturated heterocycles. The SMILES string of the molecule is COCCOCC1(F)CCCN(c2cc(C(=O)O)nc(Nc3ccccc3)c2C(=N)C2CCC2)C1. The first kappa shape index (κ1) is 25.1. The van der Waals surface area contributed by atoms with Crippen molar-refractivity contribution in [2.45, 2.75) is 37.8 Å². The molecule has 1 aromatic heterocycles. The summed E-state index contributed by atoms with van der Waals surface area (Å²) in [7, 11) is 1.57. The minimum atomic E-state index is -1.58. The molecule has 1 unspecified atom stereocenters. The molecule has 1 aliphatic heterocycles. The summed E-state index contributed by atoms with van der Waals surface area (Å²) in [6, 6.07) is 10.8. The number of piperidine rings is 1. The number of hydrogen-bond donors (Lipinski definition) is 3. The topological polar surface area (TPSA) is 108 Å². The van der Waals surface area contributed by atoms with Gasteiger partial charge in [0.05, 0.1) is 37.6 Å². The molecular weight excluding hydrogens is 451 g/mol. The Morgan fingerprint density at radius 3 is 2.71 bits per heavy atom. The van der Waals surface area contributed by atoms with E-state index in [4.69, 9.17) is 14.9 Å². The van der Waals surface area contributed by atoms with E-state index in [9.17, 15) is 9.90 Å². The molecule has 2 fully saturated rings. The maximum absolute atomic E-state index is 15.8. The lowest BCUT2D eigenvalue weighted by Crippen LogP contribution is -2.49. The summed E-state index contributed by atoms with van der Waals surface area (Å²) < 4.78 is 26.3. The van der Waals surface area contributed by atoms with Gasteiger partial charge in [0.25, 0.3) is 0 Å². The molecule has 1 saturated carbocycles. The normalized spacial score (nSPS) is 20.3. The number of benzene rings is 1. The summed E-state index contributed by atoms with van der Waals surface area (Å²) in [6.07, 6.45) is 3.82. The van der Waals surface area contributed by atoms with Gasteiger partial charge < -0.3 is 30.2 Å². The number of carbonyl (C=O) groups is 1. The smallest absolute Gasteiger partial charge is 0.354 e. The number of carboxylic acids is 1. The number of aromatic carboxylic acids is 1. The van der Waals surface area contributed by atoms with E-state index in [2.05, 4.69) is 10.3 Å². The second kappa shape index (κ2) is 11.1. The van der Waals surface area contributed by atoms with E-state index < -0.39 is 11.6 Å². The fourth-order valence-electron chi connectivity index (χ4n) is 4.61. The van der Waals surface area contributed by atoms with Crippen molar-refractivity contribution in [1.29, 1.82) is 5.41 Å². The minimum absolute atomic E-state index is 0.0543. The minimum Gasteiger partial charge on any atom is -0.477 e. The van der Waals surface area contributed by atoms with E-state index in [1.165, 1.54) is 6.07 Å². The largest absolute Gasteiger partial charge is 0.477 e. The van der Waals surface area contributed by atoms with Gasteiger partial charge in [-0.1, -0.05) is 24.6 Å². The first-order chi connectivity index (χ1) is 16.9. The third-order valence-corrected chi connectivity index (χ3v) is 6.70. The predicted octanol–water partition coefficient (Wildman–Crippen LogP) is 4.66. The Bertz CT molecular complexity index is 1050. The Kier molecular flexibility index (Phi) is 7.97. The highest BCUT2D eigenvalue weighted by molar-refractivity contribution is 6.10. The van der Waals surface area contributed by atoms with Gasteiger partial charge >= 0.3 is 5.97 Å². The molecule has 2 aromatic rings. The first-order valence-corrected chi connectivity index (χ1v) is 12.1. The van der Waals surface area contributed by atoms with Crippen molar-refractivity contribution in [2.24, 2.45) is 5.92 Å². The van der Waals surface area contributed by atoms with Crippen molar-refractivity contribution >= 4 is 28.9 Å². The quantitative estimate of drug-likeness (QED) is 0.314. The average molecular weight is 485 g/mol. The Morgan fingerprint density at radius 1 is 1.29 bits per heavy atom. The zero-order chi connectivity index (χ0) is 24.8. The molecule has 1 aliphatic carbocycles. The standard InChI is InChI=1S/C26H33FN4O4/c1-34-13-14-35-17-26(27)11-6-12-31(16-26)21-15-20(25(32)33)30-24(29-19-9-3-2-4-10-19)22(21)23(28)18-7-5-8-18/h2-4,9-10,15,18,28H,5-8,11-14,16-17H2,1H3,(H,29,30)(H,32,33). The number of halogens is 1. The van der Waals surface area contributed by atoms with E-state index in [1.807, 2.05) is 35.2 Å². The Morgan fingerprint density at radius 2 is 2.06 bits per heavy atom. The molecule has 9 heteroatoms. The summed E-state index contributed by atoms with van der Waals surface area (Å²) in [4.78, 5) is 18.2. The zero-order valence-electron chi connectivity index (χ0n) is 20.1. The predicted molar refractivity (Wildman–Crippen MR) is 133 cm³/mol. The molecule has 0 spiro atoms. The lowest BCUT2D eigenvalue weighted by molar-refractivity contribution is -0.0110. The number of ether oxygens (including phenoxy) is 2. The van der Waals surface area contributed by atoms with Crippen molar-refractivity contribution < 1.29 is 23.8 Å². The first-order valence-electron chi connectivity index (χ1n) is 12.1. The van der Waals surface area contributed by atoms with Gasteiger partial charge in [0.1, 0.15) is 5.82 Å². The molecule has 2 aliphatic rings. The molecule has 0 bridgehead atoms. The maximum atomic E-state index is 15.8. The molecule has 8 nitrogen and oxygen atoms in total. The highest BCUT2D eigenvalue weighted by Crippen LogP contribution is 2.39. The third-order valence-electron chi connectivity index (χ3n) is 6.70. The number of nitrogens with one attached hydrogen (secondary N) is 2. The van der Waals surface area contributed by atoms with Crippen LogP contribution in [0.3, 0.4) is 0 Å². The molecule has 1 atom stereocenters. The van der Waals surface area contributed by atoms with Crippen LogP contribution in [0.25, 0.3) is 0 Å². The van der Waals surface area contributed by atoms with Crippen LogP contribution >= 0.6 is 0 Å². The van der Waals surface area contributed by atoms with Crippen LogP contribution in [0.2, 0.25) is 0 Å². The van der Waals surface area contributed by atoms with Gasteiger partial charge in [0, 0.05) is 31.0 Å². The van der Waals surface area contributed by atoms with Crippen LogP contribution in [-0.2, 0) is 9.47 Å². The number of nitrogens with zero attached hydrogens (tertiary/aromatic N) is 2. The maximum Gasteiger partial charge on any atom is 0.354 e. The van der Waals surface area contributed by atoms with Gasteiger partial charge in [0.15, 0.2) is 11.4 Å². The van der Waals surface area contributed by atoms with Gasteiger partial charge in [-0.05, 0) is 43.9 Å². The lowest BCUT2D eigenvalue weighted by atomic mass is 9.78. The highest BCUT2D eigenvalue weighted by Gasteiger charge is 2.38. The van der Waals surface area contributed by atoms with Crippen LogP contribution in [0.5, 0.6) is 0 Å². The highest BCUT2D eigenvalue weighted by atomic mass is 19.1. The monoisotopic (exact) mass is 484 g/mol. The van der Waals surface area contributed by atoms with E-state index in [1.54, 1.807) is 7.11 Å². The van der Waals surface area contributed by atoms with E-state index >= 15 is 4.39 Å². The molecule has 188 valence electrons. The van der Waals surface area contributed by atoms with Gasteiger partial charge in [-0.25, -0.2) is 14.2 Å². The number of alkyl halides is 1. The number of rotatable bonds is 11. The number of pyridine rings is 1. The Labute approximate surface area is 205 Å². The lowest BCUT2D eigenvalue weighted by Gasteiger charge is -2.40. The molecule has 3 N–H and O–H groups in total. The van der Waals surface area contributed by atoms with Crippen LogP contribution in [0.4, 0.5) is 21.6 Å². The van der Waals surface area contributed by atoms with Crippen LogP contribution in [0.15, 0.2) is 36.4 Å². The fraction of sp³-hybridized carbons (Fsp3) is 0.500. The molecular formula is C26H33FN4O4. The molecule has 35 heavy (non-hydrogen) atoms. The second-order valence-electron chi connectivity index (χ2n) is 9.31. The van der Waals surface area contributed by atoms with Crippen molar-refractivity contribution in [3.05, 3.63) is 47.7 Å². The van der Waals surface area contributed by atoms with Crippen LogP contribution in [0, 0.1) is 11.3 Å². The average Bonchev–Trinajstić information content (AvgIpc) is 2.81. The van der Waals surface area contributed by atoms with Crippen molar-refractivity contribution in [1.82, 2.24) is 4.98 Å². The number of carboxylic acid groups (broad SMARTS) is 1. The summed E-state index contributed by atoms with van der Waals surface area (Å²) in [5.41, 5.74) is 0.512. The number of para-hydroxylation sites is 1. The van der Waals surface area contributed by atoms with Gasteiger partial charge in [-0.2, -0.15) is 0 Å². The van der Waals surface area contributed by atoms with E-state index in [0.717, 1.165) is 24.9 Å². The third kappa shape index (κ3) is 5.97. The van der Waals surface area contributed by atoms with Gasteiger partial charge in [-0.15, -0.1) is 0 Å². The summed E-state index contributed by atoms with van der Waals surface area (Å²) in [6.45, 7) is 1.25. The number of aromatic nitrogens is 1. The fourth-order valence-corrected chi connectivity index (χ4v) is 4.61. The Balaban J connectivity index is 1.72. The van der Waals surface area contributed by atoms with Crippen molar-refractivity contribution in [3.8, 4) is 0 Å². The molecule has 1 aromatic carbocycles. The number of anilines is 3. The molecule has 2 heterocycles. The summed E-state index contributed by atoms with van der Waals surface area (Å²) in [5.74, 6) is -0.773. The summed E-state index contributed by atoms with van der Waals surface area (Å²) in [5, 5.41) is 22.0. The van der Waals surface area contributed by atoms with Gasteiger partial charge in [0.2, 0.25) is 0 Å². The van der Waals surface area contributed by atoms with Crippen LogP contribution in [-0.4, -0.2) is 67.5 Å². The number of methoxy groups -OCH3 is 1. The number of hydrogen-bond acceptors (Lipinski definition) is 7. The van der Waals surface area contributed by atoms with E-state index in [0.29, 0.717) is 55.4 Å². The Hall–Kier alpha value is -3.04. The van der Waals surface area contributed by atoms with Crippen LogP contribution in [0.1, 0.15) is 48.2 Å². The molecule has 0 amide bonds. The van der Waals surface area contributed by atoms with Crippen LogP contribution < -0.4 is 10.2 Å². The molecule has 4 rings (SSSR count). The second-order valence-corrected chi connectivity index (χ2v) is 9.31. The van der Waals surface area contributed by atoms with E-state index in [-0.39, 0.29) is 24.8 Å². The van der Waals surface area contributed by atoms with Gasteiger partial charge in [-0.3, -0.25) is 0 Å². The van der Waals surface area contributed by atoms with Crippen molar-refractivity contribution in [2.75, 3.05) is 50.2 Å². The molecule has 0 radical (unpaired) electrons. The summed E-state index contributed by atoms with van der Waals surface area (Å²) >= 11 is 0. The van der Waals surface area contributed by atoms with Crippen molar-refractivity contribution in [3.63, 3.8) is 0 Å². The zero-order valence-corrected chi connectivity index (χ0v) is 20.1.